The second-order valence-corrected chi connectivity index (χ2v) is 5.82. The van der Waals surface area contributed by atoms with Crippen molar-refractivity contribution in [3.05, 3.63) is 28.3 Å². The first-order valence-electron chi connectivity index (χ1n) is 6.83. The third-order valence-electron chi connectivity index (χ3n) is 3.16. The molecule has 2 heterocycles. The number of nitrogens with zero attached hydrogens (tertiary/aromatic N) is 2. The van der Waals surface area contributed by atoms with Gasteiger partial charge in [0.2, 0.25) is 0 Å². The van der Waals surface area contributed by atoms with Gasteiger partial charge in [0, 0.05) is 22.7 Å². The SMILES string of the molecule is CCCNc1nc(-c2ccc(CC)s2)nc(C)c1C. The first-order chi connectivity index (χ1) is 9.15. The highest BCUT2D eigenvalue weighted by molar-refractivity contribution is 7.15. The molecule has 4 heteroatoms. The molecule has 19 heavy (non-hydrogen) atoms. The van der Waals surface area contributed by atoms with E-state index in [1.165, 1.54) is 4.88 Å². The summed E-state index contributed by atoms with van der Waals surface area (Å²) in [5.74, 6) is 1.81. The van der Waals surface area contributed by atoms with Crippen molar-refractivity contribution in [3.8, 4) is 10.7 Å². The molecule has 1 N–H and O–H groups in total. The Bertz CT molecular complexity index is 561. The number of anilines is 1. The minimum Gasteiger partial charge on any atom is -0.370 e. The van der Waals surface area contributed by atoms with Gasteiger partial charge in [0.15, 0.2) is 5.82 Å². The first kappa shape index (κ1) is 14.0. The summed E-state index contributed by atoms with van der Waals surface area (Å²) in [7, 11) is 0. The summed E-state index contributed by atoms with van der Waals surface area (Å²) >= 11 is 1.78. The van der Waals surface area contributed by atoms with Gasteiger partial charge in [-0.2, -0.15) is 0 Å². The minimum absolute atomic E-state index is 0.839. The maximum atomic E-state index is 4.68. The zero-order valence-corrected chi connectivity index (χ0v) is 12.9. The highest BCUT2D eigenvalue weighted by Crippen LogP contribution is 2.28. The van der Waals surface area contributed by atoms with Crippen molar-refractivity contribution in [2.24, 2.45) is 0 Å². The third-order valence-corrected chi connectivity index (χ3v) is 4.39. The standard InChI is InChI=1S/C15H21N3S/c1-5-9-16-14-10(3)11(4)17-15(18-14)13-8-7-12(6-2)19-13/h7-8H,5-6,9H2,1-4H3,(H,16,17,18). The van der Waals surface area contributed by atoms with Crippen LogP contribution in [0.3, 0.4) is 0 Å². The Labute approximate surface area is 119 Å². The fourth-order valence-corrected chi connectivity index (χ4v) is 2.72. The van der Waals surface area contributed by atoms with E-state index in [-0.39, 0.29) is 0 Å². The zero-order valence-electron chi connectivity index (χ0n) is 12.1. The second-order valence-electron chi connectivity index (χ2n) is 4.65. The average Bonchev–Trinajstić information content (AvgIpc) is 2.89. The molecule has 2 aromatic rings. The van der Waals surface area contributed by atoms with Crippen LogP contribution in [0.4, 0.5) is 5.82 Å². The topological polar surface area (TPSA) is 37.8 Å². The van der Waals surface area contributed by atoms with Crippen molar-refractivity contribution in [2.45, 2.75) is 40.5 Å². The van der Waals surface area contributed by atoms with Crippen LogP contribution in [-0.4, -0.2) is 16.5 Å². The van der Waals surface area contributed by atoms with Crippen molar-refractivity contribution in [2.75, 3.05) is 11.9 Å². The highest BCUT2D eigenvalue weighted by atomic mass is 32.1. The van der Waals surface area contributed by atoms with Crippen molar-refractivity contribution in [1.29, 1.82) is 0 Å². The van der Waals surface area contributed by atoms with E-state index in [0.717, 1.165) is 47.2 Å². The van der Waals surface area contributed by atoms with Crippen LogP contribution in [0, 0.1) is 13.8 Å². The molecule has 0 spiro atoms. The lowest BCUT2D eigenvalue weighted by molar-refractivity contribution is 0.955. The van der Waals surface area contributed by atoms with Crippen molar-refractivity contribution >= 4 is 17.2 Å². The molecule has 0 aliphatic carbocycles. The van der Waals surface area contributed by atoms with Gasteiger partial charge in [-0.25, -0.2) is 9.97 Å². The third kappa shape index (κ3) is 3.13. The number of aromatic nitrogens is 2. The molecule has 0 saturated carbocycles. The van der Waals surface area contributed by atoms with E-state index in [1.807, 2.05) is 6.92 Å². The Morgan fingerprint density at radius 1 is 1.16 bits per heavy atom. The van der Waals surface area contributed by atoms with Gasteiger partial charge in [0.1, 0.15) is 5.82 Å². The van der Waals surface area contributed by atoms with Crippen LogP contribution in [0.5, 0.6) is 0 Å². The van der Waals surface area contributed by atoms with Crippen LogP contribution in [0.1, 0.15) is 36.4 Å². The van der Waals surface area contributed by atoms with Crippen LogP contribution in [-0.2, 0) is 6.42 Å². The predicted molar refractivity (Wildman–Crippen MR) is 83.0 cm³/mol. The Kier molecular flexibility index (Phi) is 4.53. The summed E-state index contributed by atoms with van der Waals surface area (Å²) < 4.78 is 0. The number of thiophene rings is 1. The lowest BCUT2D eigenvalue weighted by atomic mass is 10.2. The molecule has 2 rings (SSSR count). The number of rotatable bonds is 5. The molecule has 2 aromatic heterocycles. The van der Waals surface area contributed by atoms with Gasteiger partial charge in [-0.3, -0.25) is 0 Å². The van der Waals surface area contributed by atoms with Gasteiger partial charge in [-0.05, 0) is 38.8 Å². The number of nitrogens with one attached hydrogen (secondary N) is 1. The van der Waals surface area contributed by atoms with Gasteiger partial charge in [-0.15, -0.1) is 11.3 Å². The lowest BCUT2D eigenvalue weighted by Crippen LogP contribution is -2.07. The fourth-order valence-electron chi connectivity index (χ4n) is 1.84. The van der Waals surface area contributed by atoms with Crippen LogP contribution in [0.2, 0.25) is 0 Å². The molecule has 0 aliphatic heterocycles. The van der Waals surface area contributed by atoms with E-state index in [1.54, 1.807) is 11.3 Å². The largest absolute Gasteiger partial charge is 0.370 e. The molecule has 3 nitrogen and oxygen atoms in total. The summed E-state index contributed by atoms with van der Waals surface area (Å²) in [5.41, 5.74) is 2.19. The van der Waals surface area contributed by atoms with Crippen molar-refractivity contribution in [3.63, 3.8) is 0 Å². The Morgan fingerprint density at radius 3 is 2.58 bits per heavy atom. The monoisotopic (exact) mass is 275 g/mol. The summed E-state index contributed by atoms with van der Waals surface area (Å²) in [5, 5.41) is 3.39. The van der Waals surface area contributed by atoms with E-state index in [9.17, 15) is 0 Å². The fraction of sp³-hybridized carbons (Fsp3) is 0.467. The zero-order chi connectivity index (χ0) is 13.8. The summed E-state index contributed by atoms with van der Waals surface area (Å²) in [4.78, 5) is 11.8. The Morgan fingerprint density at radius 2 is 1.95 bits per heavy atom. The van der Waals surface area contributed by atoms with Gasteiger partial charge < -0.3 is 5.32 Å². The highest BCUT2D eigenvalue weighted by Gasteiger charge is 2.11. The molecule has 0 aliphatic rings. The summed E-state index contributed by atoms with van der Waals surface area (Å²) in [6, 6.07) is 4.29. The maximum Gasteiger partial charge on any atom is 0.171 e. The number of hydrogen-bond acceptors (Lipinski definition) is 4. The molecule has 0 amide bonds. The van der Waals surface area contributed by atoms with Gasteiger partial charge in [0.25, 0.3) is 0 Å². The quantitative estimate of drug-likeness (QED) is 0.888. The first-order valence-corrected chi connectivity index (χ1v) is 7.65. The predicted octanol–water partition coefficient (Wildman–Crippen LogP) is 4.21. The molecular weight excluding hydrogens is 254 g/mol. The summed E-state index contributed by atoms with van der Waals surface area (Å²) in [6.07, 6.45) is 2.16. The molecule has 0 atom stereocenters. The molecular formula is C15H21N3S. The lowest BCUT2D eigenvalue weighted by Gasteiger charge is -2.11. The van der Waals surface area contributed by atoms with E-state index in [2.05, 4.69) is 48.2 Å². The number of aryl methyl sites for hydroxylation is 2. The van der Waals surface area contributed by atoms with Crippen molar-refractivity contribution < 1.29 is 0 Å². The van der Waals surface area contributed by atoms with Crippen LogP contribution >= 0.6 is 11.3 Å². The smallest absolute Gasteiger partial charge is 0.171 e. The second kappa shape index (κ2) is 6.15. The minimum atomic E-state index is 0.839. The van der Waals surface area contributed by atoms with Crippen LogP contribution in [0.25, 0.3) is 10.7 Å². The maximum absolute atomic E-state index is 4.68. The average molecular weight is 275 g/mol. The molecule has 0 bridgehead atoms. The van der Waals surface area contributed by atoms with E-state index in [0.29, 0.717) is 0 Å². The summed E-state index contributed by atoms with van der Waals surface area (Å²) in [6.45, 7) is 9.39. The van der Waals surface area contributed by atoms with Crippen LogP contribution in [0.15, 0.2) is 12.1 Å². The molecule has 0 saturated heterocycles. The normalized spacial score (nSPS) is 10.7. The van der Waals surface area contributed by atoms with Gasteiger partial charge in [-0.1, -0.05) is 13.8 Å². The van der Waals surface area contributed by atoms with Crippen LogP contribution < -0.4 is 5.32 Å². The van der Waals surface area contributed by atoms with E-state index >= 15 is 0 Å². The molecule has 0 fully saturated rings. The molecule has 0 aromatic carbocycles. The van der Waals surface area contributed by atoms with Gasteiger partial charge >= 0.3 is 0 Å². The molecule has 102 valence electrons. The van der Waals surface area contributed by atoms with E-state index < -0.39 is 0 Å². The number of hydrogen-bond donors (Lipinski definition) is 1. The molecule has 0 unspecified atom stereocenters. The van der Waals surface area contributed by atoms with Crippen molar-refractivity contribution in [1.82, 2.24) is 9.97 Å². The molecule has 0 radical (unpaired) electrons. The van der Waals surface area contributed by atoms with Gasteiger partial charge in [0.05, 0.1) is 4.88 Å². The Hall–Kier alpha value is -1.42. The van der Waals surface area contributed by atoms with E-state index in [4.69, 9.17) is 0 Å². The Balaban J connectivity index is 2.37.